The largest absolute Gasteiger partial charge is 0.313 e. The van der Waals surface area contributed by atoms with Crippen molar-refractivity contribution in [3.05, 3.63) is 34.1 Å². The van der Waals surface area contributed by atoms with E-state index in [2.05, 4.69) is 28.2 Å². The van der Waals surface area contributed by atoms with Gasteiger partial charge in [0, 0.05) is 16.9 Å². The number of hydrogen-bond donors (Lipinski definition) is 1. The molecule has 1 aromatic carbocycles. The van der Waals surface area contributed by atoms with Crippen LogP contribution in [0.5, 0.6) is 0 Å². The van der Waals surface area contributed by atoms with Crippen molar-refractivity contribution in [3.63, 3.8) is 0 Å². The standard InChI is InChI=1S/C13H18BrClFN/c1-10(8-15)3-2-6-17-9-11-4-5-12(16)7-13(11)14/h4-5,7,10,17H,2-3,6,8-9H2,1H3. The van der Waals surface area contributed by atoms with Crippen molar-refractivity contribution >= 4 is 27.5 Å². The summed E-state index contributed by atoms with van der Waals surface area (Å²) >= 11 is 9.09. The molecule has 0 saturated heterocycles. The summed E-state index contributed by atoms with van der Waals surface area (Å²) in [5, 5.41) is 3.35. The zero-order chi connectivity index (χ0) is 12.7. The molecule has 0 spiro atoms. The van der Waals surface area contributed by atoms with Gasteiger partial charge in [-0.15, -0.1) is 11.6 Å². The molecule has 0 bridgehead atoms. The van der Waals surface area contributed by atoms with Crippen LogP contribution < -0.4 is 5.32 Å². The molecule has 0 fully saturated rings. The van der Waals surface area contributed by atoms with E-state index in [-0.39, 0.29) is 5.82 Å². The van der Waals surface area contributed by atoms with Crippen LogP contribution >= 0.6 is 27.5 Å². The van der Waals surface area contributed by atoms with Gasteiger partial charge in [-0.05, 0) is 43.0 Å². The monoisotopic (exact) mass is 321 g/mol. The van der Waals surface area contributed by atoms with E-state index in [1.54, 1.807) is 6.07 Å². The molecule has 0 aromatic heterocycles. The molecule has 96 valence electrons. The maximum absolute atomic E-state index is 12.9. The van der Waals surface area contributed by atoms with E-state index in [4.69, 9.17) is 11.6 Å². The summed E-state index contributed by atoms with van der Waals surface area (Å²) in [5.41, 5.74) is 1.08. The lowest BCUT2D eigenvalue weighted by Crippen LogP contribution is -2.16. The van der Waals surface area contributed by atoms with Crippen molar-refractivity contribution in [3.8, 4) is 0 Å². The second-order valence-corrected chi connectivity index (χ2v) is 5.48. The van der Waals surface area contributed by atoms with Crippen molar-refractivity contribution < 1.29 is 4.39 Å². The van der Waals surface area contributed by atoms with Crippen molar-refractivity contribution in [1.29, 1.82) is 0 Å². The summed E-state index contributed by atoms with van der Waals surface area (Å²) in [6.07, 6.45) is 2.26. The van der Waals surface area contributed by atoms with Crippen LogP contribution in [0.15, 0.2) is 22.7 Å². The molecule has 0 aliphatic carbocycles. The quantitative estimate of drug-likeness (QED) is 0.582. The topological polar surface area (TPSA) is 12.0 Å². The Balaban J connectivity index is 2.22. The Kier molecular flexibility index (Phi) is 7.09. The molecule has 0 aliphatic heterocycles. The van der Waals surface area contributed by atoms with Gasteiger partial charge in [0.15, 0.2) is 0 Å². The highest BCUT2D eigenvalue weighted by Crippen LogP contribution is 2.17. The molecule has 17 heavy (non-hydrogen) atoms. The number of alkyl halides is 1. The van der Waals surface area contributed by atoms with Crippen LogP contribution in [0.3, 0.4) is 0 Å². The Bertz CT molecular complexity index is 346. The Labute approximate surface area is 116 Å². The molecule has 1 rings (SSSR count). The van der Waals surface area contributed by atoms with Crippen LogP contribution in [-0.4, -0.2) is 12.4 Å². The van der Waals surface area contributed by atoms with Crippen molar-refractivity contribution in [2.75, 3.05) is 12.4 Å². The number of halogens is 3. The van der Waals surface area contributed by atoms with Crippen LogP contribution in [0, 0.1) is 11.7 Å². The summed E-state index contributed by atoms with van der Waals surface area (Å²) in [6.45, 7) is 3.88. The van der Waals surface area contributed by atoms with Gasteiger partial charge in [0.25, 0.3) is 0 Å². The predicted octanol–water partition coefficient (Wildman–Crippen LogP) is 4.33. The molecule has 0 aliphatic rings. The van der Waals surface area contributed by atoms with Gasteiger partial charge in [-0.2, -0.15) is 0 Å². The minimum atomic E-state index is -0.212. The molecule has 1 unspecified atom stereocenters. The maximum Gasteiger partial charge on any atom is 0.124 e. The number of nitrogens with one attached hydrogen (secondary N) is 1. The van der Waals surface area contributed by atoms with Crippen molar-refractivity contribution in [2.45, 2.75) is 26.3 Å². The minimum absolute atomic E-state index is 0.212. The highest BCUT2D eigenvalue weighted by molar-refractivity contribution is 9.10. The predicted molar refractivity (Wildman–Crippen MR) is 74.9 cm³/mol. The van der Waals surface area contributed by atoms with E-state index >= 15 is 0 Å². The zero-order valence-corrected chi connectivity index (χ0v) is 12.3. The third-order valence-electron chi connectivity index (χ3n) is 2.64. The lowest BCUT2D eigenvalue weighted by Gasteiger charge is -2.09. The summed E-state index contributed by atoms with van der Waals surface area (Å²) < 4.78 is 13.7. The normalized spacial score (nSPS) is 12.7. The van der Waals surface area contributed by atoms with Gasteiger partial charge < -0.3 is 5.32 Å². The van der Waals surface area contributed by atoms with Crippen LogP contribution in [0.2, 0.25) is 0 Å². The molecule has 1 N–H and O–H groups in total. The molecule has 4 heteroatoms. The zero-order valence-electron chi connectivity index (χ0n) is 9.98. The molecule has 1 aromatic rings. The Morgan fingerprint density at radius 2 is 2.24 bits per heavy atom. The summed E-state index contributed by atoms with van der Waals surface area (Å²) in [6, 6.07) is 4.78. The molecule has 0 saturated carbocycles. The molecule has 1 atom stereocenters. The van der Waals surface area contributed by atoms with E-state index in [1.807, 2.05) is 0 Å². The molecule has 0 heterocycles. The fourth-order valence-electron chi connectivity index (χ4n) is 1.54. The Hall–Kier alpha value is -0.120. The third-order valence-corrected chi connectivity index (χ3v) is 3.91. The fraction of sp³-hybridized carbons (Fsp3) is 0.538. The molecule has 0 amide bonds. The van der Waals surface area contributed by atoms with Gasteiger partial charge in [0.2, 0.25) is 0 Å². The van der Waals surface area contributed by atoms with E-state index in [1.165, 1.54) is 12.1 Å². The van der Waals surface area contributed by atoms with E-state index in [0.29, 0.717) is 5.92 Å². The molecular formula is C13H18BrClFN. The highest BCUT2D eigenvalue weighted by Gasteiger charge is 2.02. The van der Waals surface area contributed by atoms with E-state index in [9.17, 15) is 4.39 Å². The van der Waals surface area contributed by atoms with E-state index < -0.39 is 0 Å². The number of benzene rings is 1. The lowest BCUT2D eigenvalue weighted by atomic mass is 10.1. The fourth-order valence-corrected chi connectivity index (χ4v) is 2.19. The van der Waals surface area contributed by atoms with Gasteiger partial charge >= 0.3 is 0 Å². The van der Waals surface area contributed by atoms with Crippen LogP contribution in [0.4, 0.5) is 4.39 Å². The minimum Gasteiger partial charge on any atom is -0.313 e. The highest BCUT2D eigenvalue weighted by atomic mass is 79.9. The van der Waals surface area contributed by atoms with Gasteiger partial charge in [0.05, 0.1) is 0 Å². The first-order valence-corrected chi connectivity index (χ1v) is 7.17. The summed E-state index contributed by atoms with van der Waals surface area (Å²) in [5.74, 6) is 1.09. The molecule has 1 nitrogen and oxygen atoms in total. The number of rotatable bonds is 7. The first-order valence-electron chi connectivity index (χ1n) is 5.84. The Morgan fingerprint density at radius 1 is 1.47 bits per heavy atom. The second kappa shape index (κ2) is 8.06. The molecule has 0 radical (unpaired) electrons. The van der Waals surface area contributed by atoms with Gasteiger partial charge in [-0.1, -0.05) is 28.9 Å². The first kappa shape index (κ1) is 14.9. The lowest BCUT2D eigenvalue weighted by molar-refractivity contribution is 0.531. The van der Waals surface area contributed by atoms with Gasteiger partial charge in [-0.25, -0.2) is 4.39 Å². The average Bonchev–Trinajstić information content (AvgIpc) is 2.30. The van der Waals surface area contributed by atoms with Crippen LogP contribution in [-0.2, 0) is 6.54 Å². The van der Waals surface area contributed by atoms with Crippen LogP contribution in [0.25, 0.3) is 0 Å². The average molecular weight is 323 g/mol. The first-order chi connectivity index (χ1) is 8.13. The number of hydrogen-bond acceptors (Lipinski definition) is 1. The van der Waals surface area contributed by atoms with Crippen molar-refractivity contribution in [2.24, 2.45) is 5.92 Å². The smallest absolute Gasteiger partial charge is 0.124 e. The SMILES string of the molecule is CC(CCl)CCCNCc1ccc(F)cc1Br. The maximum atomic E-state index is 12.9. The van der Waals surface area contributed by atoms with Gasteiger partial charge in [0.1, 0.15) is 5.82 Å². The molecular weight excluding hydrogens is 305 g/mol. The summed E-state index contributed by atoms with van der Waals surface area (Å²) in [4.78, 5) is 0. The van der Waals surface area contributed by atoms with Gasteiger partial charge in [-0.3, -0.25) is 0 Å². The van der Waals surface area contributed by atoms with Crippen LogP contribution in [0.1, 0.15) is 25.3 Å². The summed E-state index contributed by atoms with van der Waals surface area (Å²) in [7, 11) is 0. The van der Waals surface area contributed by atoms with E-state index in [0.717, 1.165) is 41.8 Å². The Morgan fingerprint density at radius 3 is 2.88 bits per heavy atom. The third kappa shape index (κ3) is 5.84. The second-order valence-electron chi connectivity index (χ2n) is 4.31. The van der Waals surface area contributed by atoms with Crippen molar-refractivity contribution in [1.82, 2.24) is 5.32 Å².